The van der Waals surface area contributed by atoms with Gasteiger partial charge < -0.3 is 0 Å². The molecule has 0 N–H and O–H groups in total. The number of rotatable bonds is 4. The maximum absolute atomic E-state index is 11.2. The normalized spacial score (nSPS) is 11.6. The van der Waals surface area contributed by atoms with Crippen LogP contribution in [0.25, 0.3) is 0 Å². The van der Waals surface area contributed by atoms with Gasteiger partial charge in [0.05, 0.1) is 11.4 Å². The van der Waals surface area contributed by atoms with Gasteiger partial charge in [0.2, 0.25) is 0 Å². The van der Waals surface area contributed by atoms with E-state index in [9.17, 15) is 4.79 Å². The van der Waals surface area contributed by atoms with Crippen LogP contribution < -0.4 is 0 Å². The van der Waals surface area contributed by atoms with Crippen LogP contribution in [-0.4, -0.2) is 11.5 Å². The summed E-state index contributed by atoms with van der Waals surface area (Å²) in [7, 11) is 14.7. The van der Waals surface area contributed by atoms with Gasteiger partial charge in [0.1, 0.15) is 0 Å². The van der Waals surface area contributed by atoms with Gasteiger partial charge in [0.15, 0.2) is 5.78 Å². The zero-order valence-electron chi connectivity index (χ0n) is 12.0. The molecule has 0 aliphatic heterocycles. The first-order valence-electron chi connectivity index (χ1n) is 6.17. The minimum absolute atomic E-state index is 0.0351. The number of hydrogen-bond donors (Lipinski definition) is 0. The van der Waals surface area contributed by atoms with E-state index in [-0.39, 0.29) is 5.78 Å². The maximum atomic E-state index is 11.2. The molecule has 0 heterocycles. The SMILES string of the molecule is CCc1cccc(CC)c1N=C(C)C(C)=O.[Cl][Fe]([Cl])[Cl]. The Morgan fingerprint density at radius 2 is 1.50 bits per heavy atom. The zero-order valence-corrected chi connectivity index (χ0v) is 15.4. The molecule has 0 spiro atoms. The predicted octanol–water partition coefficient (Wildman–Crippen LogP) is 5.56. The average Bonchev–Trinajstić information content (AvgIpc) is 2.38. The van der Waals surface area contributed by atoms with Crippen LogP contribution >= 0.6 is 30.3 Å². The van der Waals surface area contributed by atoms with Gasteiger partial charge in [-0.1, -0.05) is 32.0 Å². The Labute approximate surface area is 138 Å². The van der Waals surface area contributed by atoms with E-state index >= 15 is 0 Å². The van der Waals surface area contributed by atoms with Crippen molar-refractivity contribution >= 4 is 47.5 Å². The van der Waals surface area contributed by atoms with Gasteiger partial charge >= 0.3 is 41.5 Å². The molecule has 1 rings (SSSR count). The number of benzene rings is 1. The van der Waals surface area contributed by atoms with Crippen molar-refractivity contribution in [1.82, 2.24) is 0 Å². The van der Waals surface area contributed by atoms with Gasteiger partial charge in [0, 0.05) is 6.92 Å². The molecule has 0 fully saturated rings. The van der Waals surface area contributed by atoms with E-state index in [2.05, 4.69) is 37.0 Å². The molecule has 20 heavy (non-hydrogen) atoms. The molecule has 0 radical (unpaired) electrons. The van der Waals surface area contributed by atoms with Gasteiger partial charge in [-0.3, -0.25) is 4.79 Å². The molecule has 0 bridgehead atoms. The quantitative estimate of drug-likeness (QED) is 0.497. The summed E-state index contributed by atoms with van der Waals surface area (Å²) >= 11 is -1.33. The molecular weight excluding hydrogens is 360 g/mol. The number of hydrogen-bond acceptors (Lipinski definition) is 2. The molecule has 1 aromatic carbocycles. The van der Waals surface area contributed by atoms with Crippen LogP contribution in [0.4, 0.5) is 5.69 Å². The Balaban J connectivity index is 0.000000796. The molecule has 6 heteroatoms. The molecular formula is C14H19Cl3FeNO. The summed E-state index contributed by atoms with van der Waals surface area (Å²) < 4.78 is 0. The summed E-state index contributed by atoms with van der Waals surface area (Å²) in [6.07, 6.45) is 1.88. The van der Waals surface area contributed by atoms with Crippen LogP contribution in [0.3, 0.4) is 0 Å². The Hall–Kier alpha value is -0.0505. The summed E-state index contributed by atoms with van der Waals surface area (Å²) in [5, 5.41) is 0. The van der Waals surface area contributed by atoms with Crippen LogP contribution in [-0.2, 0) is 28.8 Å². The van der Waals surface area contributed by atoms with E-state index in [1.54, 1.807) is 13.8 Å². The first-order valence-corrected chi connectivity index (χ1v) is 10.7. The van der Waals surface area contributed by atoms with Gasteiger partial charge in [0.25, 0.3) is 0 Å². The molecule has 0 atom stereocenters. The van der Waals surface area contributed by atoms with Crippen LogP contribution in [0.15, 0.2) is 23.2 Å². The van der Waals surface area contributed by atoms with Crippen molar-refractivity contribution in [1.29, 1.82) is 0 Å². The summed E-state index contributed by atoms with van der Waals surface area (Å²) in [5.74, 6) is 0.0351. The van der Waals surface area contributed by atoms with Crippen LogP contribution in [0.1, 0.15) is 38.8 Å². The minimum atomic E-state index is -1.33. The number of carbonyl (C=O) groups is 1. The fourth-order valence-electron chi connectivity index (χ4n) is 1.61. The fraction of sp³-hybridized carbons (Fsp3) is 0.429. The van der Waals surface area contributed by atoms with E-state index in [1.807, 2.05) is 0 Å². The standard InChI is InChI=1S/C14H19NO.3ClH.Fe/c1-5-12-8-7-9-13(6-2)14(12)15-10(3)11(4)16;;;;/h7-9H,5-6H2,1-4H3;3*1H;/q;;;;+3/p-3. The van der Waals surface area contributed by atoms with Crippen molar-refractivity contribution < 1.29 is 16.0 Å². The number of nitrogens with zero attached hydrogens (tertiary/aromatic N) is 1. The molecule has 0 aromatic heterocycles. The van der Waals surface area contributed by atoms with Crippen molar-refractivity contribution in [3.8, 4) is 0 Å². The first kappa shape index (κ1) is 19.9. The molecule has 0 aliphatic carbocycles. The van der Waals surface area contributed by atoms with E-state index < -0.39 is 11.2 Å². The third kappa shape index (κ3) is 7.66. The molecule has 0 saturated carbocycles. The monoisotopic (exact) mass is 378 g/mol. The fourth-order valence-corrected chi connectivity index (χ4v) is 1.61. The first-order chi connectivity index (χ1) is 9.33. The Morgan fingerprint density at radius 3 is 1.80 bits per heavy atom. The van der Waals surface area contributed by atoms with Crippen molar-refractivity contribution in [2.45, 2.75) is 40.5 Å². The summed E-state index contributed by atoms with van der Waals surface area (Å²) in [4.78, 5) is 15.7. The molecule has 1 aromatic rings. The molecule has 0 unspecified atom stereocenters. The molecule has 0 saturated heterocycles. The van der Waals surface area contributed by atoms with Crippen molar-refractivity contribution in [3.63, 3.8) is 0 Å². The van der Waals surface area contributed by atoms with Gasteiger partial charge in [-0.2, -0.15) is 0 Å². The van der Waals surface area contributed by atoms with E-state index in [4.69, 9.17) is 30.3 Å². The van der Waals surface area contributed by atoms with Gasteiger partial charge in [-0.15, -0.1) is 0 Å². The summed E-state index contributed by atoms with van der Waals surface area (Å²) in [6.45, 7) is 7.54. The second kappa shape index (κ2) is 10.6. The zero-order chi connectivity index (χ0) is 15.7. The summed E-state index contributed by atoms with van der Waals surface area (Å²) in [6, 6.07) is 6.20. The molecule has 0 amide bonds. The van der Waals surface area contributed by atoms with Gasteiger partial charge in [-0.05, 0) is 30.9 Å². The Morgan fingerprint density at radius 1 is 1.10 bits per heavy atom. The number of Topliss-reactive ketones (excluding diaryl/α,β-unsaturated/α-hetero) is 1. The van der Waals surface area contributed by atoms with E-state index in [1.165, 1.54) is 11.1 Å². The van der Waals surface area contributed by atoms with E-state index in [0.29, 0.717) is 5.71 Å². The number of aryl methyl sites for hydroxylation is 2. The Bertz CT molecular complexity index is 450. The van der Waals surface area contributed by atoms with Crippen molar-refractivity contribution in [2.75, 3.05) is 0 Å². The third-order valence-corrected chi connectivity index (χ3v) is 2.75. The second-order valence-corrected chi connectivity index (χ2v) is 9.51. The third-order valence-electron chi connectivity index (χ3n) is 2.75. The number of para-hydroxylation sites is 1. The second-order valence-electron chi connectivity index (χ2n) is 4.04. The molecule has 115 valence electrons. The van der Waals surface area contributed by atoms with Gasteiger partial charge in [-0.25, -0.2) is 4.99 Å². The number of ketones is 1. The van der Waals surface area contributed by atoms with Crippen molar-refractivity contribution in [2.24, 2.45) is 4.99 Å². The van der Waals surface area contributed by atoms with Crippen LogP contribution in [0.2, 0.25) is 0 Å². The Kier molecular flexibility index (Phi) is 10.6. The molecule has 0 aliphatic rings. The number of carbonyl (C=O) groups excluding carboxylic acids is 1. The van der Waals surface area contributed by atoms with Crippen LogP contribution in [0, 0.1) is 0 Å². The summed E-state index contributed by atoms with van der Waals surface area (Å²) in [5.41, 5.74) is 3.98. The van der Waals surface area contributed by atoms with Crippen molar-refractivity contribution in [3.05, 3.63) is 29.3 Å². The molecule has 2 nitrogen and oxygen atoms in total. The topological polar surface area (TPSA) is 29.4 Å². The van der Waals surface area contributed by atoms with Crippen LogP contribution in [0.5, 0.6) is 0 Å². The predicted molar refractivity (Wildman–Crippen MR) is 86.2 cm³/mol. The van der Waals surface area contributed by atoms with E-state index in [0.717, 1.165) is 18.5 Å². The number of halogens is 3. The number of aliphatic imine (C=N–C) groups is 1. The average molecular weight is 380 g/mol.